The number of hydrogen-bond acceptors (Lipinski definition) is 4. The van der Waals surface area contributed by atoms with Gasteiger partial charge in [-0.15, -0.1) is 11.6 Å². The Hall–Kier alpha value is -0.330. The SMILES string of the molecule is CCCN(CC(=O)OCC)S(=O)(=O)CC(C)CCl. The first-order chi connectivity index (χ1) is 8.37. The van der Waals surface area contributed by atoms with E-state index in [1.54, 1.807) is 13.8 Å². The number of nitrogens with zero attached hydrogens (tertiary/aromatic N) is 1. The van der Waals surface area contributed by atoms with E-state index in [2.05, 4.69) is 0 Å². The minimum atomic E-state index is -3.46. The number of halogens is 1. The van der Waals surface area contributed by atoms with Crippen LogP contribution in [0.4, 0.5) is 0 Å². The van der Waals surface area contributed by atoms with E-state index < -0.39 is 16.0 Å². The Morgan fingerprint density at radius 1 is 1.39 bits per heavy atom. The van der Waals surface area contributed by atoms with Gasteiger partial charge in [-0.1, -0.05) is 13.8 Å². The average Bonchev–Trinajstić information content (AvgIpc) is 2.28. The third kappa shape index (κ3) is 6.56. The lowest BCUT2D eigenvalue weighted by molar-refractivity contribution is -0.143. The highest BCUT2D eigenvalue weighted by molar-refractivity contribution is 7.89. The van der Waals surface area contributed by atoms with Gasteiger partial charge in [-0.3, -0.25) is 4.79 Å². The molecule has 0 radical (unpaired) electrons. The van der Waals surface area contributed by atoms with E-state index in [-0.39, 0.29) is 30.7 Å². The number of ether oxygens (including phenoxy) is 1. The molecule has 0 amide bonds. The highest BCUT2D eigenvalue weighted by Gasteiger charge is 2.26. The maximum Gasteiger partial charge on any atom is 0.321 e. The number of carbonyl (C=O) groups excluding carboxylic acids is 1. The average molecular weight is 300 g/mol. The molecule has 0 N–H and O–H groups in total. The zero-order chi connectivity index (χ0) is 14.2. The lowest BCUT2D eigenvalue weighted by Gasteiger charge is -2.22. The van der Waals surface area contributed by atoms with E-state index in [1.807, 2.05) is 6.92 Å². The maximum atomic E-state index is 12.1. The monoisotopic (exact) mass is 299 g/mol. The van der Waals surface area contributed by atoms with Crippen LogP contribution >= 0.6 is 11.6 Å². The fraction of sp³-hybridized carbons (Fsp3) is 0.909. The minimum Gasteiger partial charge on any atom is -0.465 e. The van der Waals surface area contributed by atoms with Crippen LogP contribution in [0, 0.1) is 5.92 Å². The van der Waals surface area contributed by atoms with E-state index in [4.69, 9.17) is 16.3 Å². The Morgan fingerprint density at radius 2 is 2.00 bits per heavy atom. The quantitative estimate of drug-likeness (QED) is 0.478. The van der Waals surface area contributed by atoms with Gasteiger partial charge in [0, 0.05) is 12.4 Å². The molecule has 5 nitrogen and oxygen atoms in total. The first-order valence-electron chi connectivity index (χ1n) is 6.06. The van der Waals surface area contributed by atoms with E-state index in [1.165, 1.54) is 4.31 Å². The van der Waals surface area contributed by atoms with Gasteiger partial charge < -0.3 is 4.74 Å². The van der Waals surface area contributed by atoms with Crippen LogP contribution in [-0.2, 0) is 19.6 Å². The van der Waals surface area contributed by atoms with Gasteiger partial charge in [-0.25, -0.2) is 8.42 Å². The van der Waals surface area contributed by atoms with Crippen LogP contribution in [0.25, 0.3) is 0 Å². The number of alkyl halides is 1. The summed E-state index contributed by atoms with van der Waals surface area (Å²) in [7, 11) is -3.46. The summed E-state index contributed by atoms with van der Waals surface area (Å²) in [5, 5.41) is 0. The van der Waals surface area contributed by atoms with E-state index in [0.29, 0.717) is 13.0 Å². The Morgan fingerprint density at radius 3 is 2.44 bits per heavy atom. The molecule has 0 saturated carbocycles. The number of carbonyl (C=O) groups is 1. The normalized spacial score (nSPS) is 13.6. The minimum absolute atomic E-state index is 0.0457. The Kier molecular flexibility index (Phi) is 8.56. The second-order valence-corrected chi connectivity index (χ2v) is 6.50. The molecule has 0 saturated heterocycles. The fourth-order valence-electron chi connectivity index (χ4n) is 1.43. The standard InChI is InChI=1S/C11H22ClNO4S/c1-4-6-13(8-11(14)17-5-2)18(15,16)9-10(3)7-12/h10H,4-9H2,1-3H3. The molecule has 0 aromatic heterocycles. The van der Waals surface area contributed by atoms with Crippen LogP contribution in [0.2, 0.25) is 0 Å². The van der Waals surface area contributed by atoms with Crippen molar-refractivity contribution in [3.05, 3.63) is 0 Å². The van der Waals surface area contributed by atoms with Crippen LogP contribution in [-0.4, -0.2) is 50.0 Å². The van der Waals surface area contributed by atoms with Gasteiger partial charge in [0.1, 0.15) is 6.54 Å². The predicted octanol–water partition coefficient (Wildman–Crippen LogP) is 1.47. The molecule has 0 aliphatic rings. The molecule has 1 unspecified atom stereocenters. The van der Waals surface area contributed by atoms with Crippen molar-refractivity contribution in [2.45, 2.75) is 27.2 Å². The summed E-state index contributed by atoms with van der Waals surface area (Å²) < 4.78 is 30.1. The summed E-state index contributed by atoms with van der Waals surface area (Å²) in [6.45, 7) is 5.65. The highest BCUT2D eigenvalue weighted by atomic mass is 35.5. The van der Waals surface area contributed by atoms with Gasteiger partial charge in [0.25, 0.3) is 0 Å². The van der Waals surface area contributed by atoms with Crippen LogP contribution < -0.4 is 0 Å². The predicted molar refractivity (Wildman–Crippen MR) is 72.2 cm³/mol. The molecule has 0 rings (SSSR count). The molecule has 0 fully saturated rings. The molecular weight excluding hydrogens is 278 g/mol. The molecule has 108 valence electrons. The van der Waals surface area contributed by atoms with Crippen LogP contribution in [0.15, 0.2) is 0 Å². The summed E-state index contributed by atoms with van der Waals surface area (Å²) in [6.07, 6.45) is 0.647. The Balaban J connectivity index is 4.70. The molecule has 0 spiro atoms. The van der Waals surface area contributed by atoms with Crippen molar-refractivity contribution in [2.75, 3.05) is 31.3 Å². The van der Waals surface area contributed by atoms with Crippen molar-refractivity contribution in [1.29, 1.82) is 0 Å². The fourth-order valence-corrected chi connectivity index (χ4v) is 3.48. The third-order valence-electron chi connectivity index (χ3n) is 2.24. The molecule has 18 heavy (non-hydrogen) atoms. The zero-order valence-corrected chi connectivity index (χ0v) is 12.8. The van der Waals surface area contributed by atoms with E-state index >= 15 is 0 Å². The van der Waals surface area contributed by atoms with Crippen molar-refractivity contribution in [1.82, 2.24) is 4.31 Å². The lowest BCUT2D eigenvalue weighted by Crippen LogP contribution is -2.39. The smallest absolute Gasteiger partial charge is 0.321 e. The molecule has 0 aromatic carbocycles. The molecular formula is C11H22ClNO4S. The molecule has 7 heteroatoms. The second kappa shape index (κ2) is 8.72. The number of hydrogen-bond donors (Lipinski definition) is 0. The van der Waals surface area contributed by atoms with Gasteiger partial charge in [0.15, 0.2) is 0 Å². The molecule has 0 heterocycles. The Bertz CT molecular complexity index is 345. The first kappa shape index (κ1) is 17.7. The zero-order valence-electron chi connectivity index (χ0n) is 11.2. The van der Waals surface area contributed by atoms with Crippen molar-refractivity contribution in [3.8, 4) is 0 Å². The molecule has 0 bridgehead atoms. The second-order valence-electron chi connectivity index (χ2n) is 4.18. The maximum absolute atomic E-state index is 12.1. The summed E-state index contributed by atoms with van der Waals surface area (Å²) in [6, 6.07) is 0. The molecule has 0 aliphatic heterocycles. The van der Waals surface area contributed by atoms with Crippen molar-refractivity contribution >= 4 is 27.6 Å². The number of rotatable bonds is 9. The van der Waals surface area contributed by atoms with Crippen LogP contribution in [0.3, 0.4) is 0 Å². The summed E-state index contributed by atoms with van der Waals surface area (Å²) in [5.74, 6) is -0.430. The number of sulfonamides is 1. The molecule has 1 atom stereocenters. The van der Waals surface area contributed by atoms with Crippen LogP contribution in [0.1, 0.15) is 27.2 Å². The summed E-state index contributed by atoms with van der Waals surface area (Å²) >= 11 is 5.62. The largest absolute Gasteiger partial charge is 0.465 e. The lowest BCUT2D eigenvalue weighted by atomic mass is 10.3. The molecule has 0 aromatic rings. The summed E-state index contributed by atoms with van der Waals surface area (Å²) in [4.78, 5) is 11.4. The van der Waals surface area contributed by atoms with Gasteiger partial charge in [-0.05, 0) is 19.3 Å². The van der Waals surface area contributed by atoms with Crippen molar-refractivity contribution in [3.63, 3.8) is 0 Å². The Labute approximate surface area is 114 Å². The summed E-state index contributed by atoms with van der Waals surface area (Å²) in [5.41, 5.74) is 0. The highest BCUT2D eigenvalue weighted by Crippen LogP contribution is 2.10. The van der Waals surface area contributed by atoms with Gasteiger partial charge in [0.05, 0.1) is 12.4 Å². The molecule has 0 aliphatic carbocycles. The van der Waals surface area contributed by atoms with Crippen LogP contribution in [0.5, 0.6) is 0 Å². The van der Waals surface area contributed by atoms with E-state index in [0.717, 1.165) is 0 Å². The first-order valence-corrected chi connectivity index (χ1v) is 8.21. The topological polar surface area (TPSA) is 63.7 Å². The van der Waals surface area contributed by atoms with E-state index in [9.17, 15) is 13.2 Å². The van der Waals surface area contributed by atoms with Crippen molar-refractivity contribution < 1.29 is 17.9 Å². The van der Waals surface area contributed by atoms with Gasteiger partial charge >= 0.3 is 5.97 Å². The van der Waals surface area contributed by atoms with Gasteiger partial charge in [-0.2, -0.15) is 4.31 Å². The third-order valence-corrected chi connectivity index (χ3v) is 4.85. The van der Waals surface area contributed by atoms with Crippen molar-refractivity contribution in [2.24, 2.45) is 5.92 Å². The van der Waals surface area contributed by atoms with Gasteiger partial charge in [0.2, 0.25) is 10.0 Å². The number of esters is 1.